The first-order valence-corrected chi connectivity index (χ1v) is 9.95. The van der Waals surface area contributed by atoms with E-state index in [2.05, 4.69) is 66.8 Å². The van der Waals surface area contributed by atoms with Gasteiger partial charge in [0.1, 0.15) is 0 Å². The molecule has 1 aliphatic rings. The molecule has 2 aromatic rings. The largest absolute Gasteiger partial charge is 0.310 e. The summed E-state index contributed by atoms with van der Waals surface area (Å²) in [5.41, 5.74) is 1.28. The number of aromatic nitrogens is 2. The lowest BCUT2D eigenvalue weighted by Gasteiger charge is -2.39. The monoisotopic (exact) mass is 346 g/mol. The van der Waals surface area contributed by atoms with Crippen molar-refractivity contribution in [1.29, 1.82) is 0 Å². The SMILES string of the molecule is CC(C)n1cc([C@H](C)NC[C@@H]2CCCN(C)[C@@H]2c2cccs2)cn1. The van der Waals surface area contributed by atoms with Crippen LogP contribution in [0.25, 0.3) is 0 Å². The van der Waals surface area contributed by atoms with Crippen LogP contribution in [-0.2, 0) is 0 Å². The third-order valence-electron chi connectivity index (χ3n) is 5.18. The molecule has 0 aliphatic carbocycles. The Morgan fingerprint density at radius 1 is 1.38 bits per heavy atom. The van der Waals surface area contributed by atoms with Crippen LogP contribution in [0.3, 0.4) is 0 Å². The maximum Gasteiger partial charge on any atom is 0.0537 e. The fraction of sp³-hybridized carbons (Fsp3) is 0.632. The number of nitrogens with zero attached hydrogens (tertiary/aromatic N) is 3. The lowest BCUT2D eigenvalue weighted by molar-refractivity contribution is 0.120. The number of thiophene rings is 1. The van der Waals surface area contributed by atoms with Crippen molar-refractivity contribution in [2.75, 3.05) is 20.1 Å². The minimum atomic E-state index is 0.341. The topological polar surface area (TPSA) is 33.1 Å². The zero-order valence-electron chi connectivity index (χ0n) is 15.3. The third kappa shape index (κ3) is 3.90. The molecule has 3 atom stereocenters. The van der Waals surface area contributed by atoms with Gasteiger partial charge in [-0.1, -0.05) is 6.07 Å². The molecule has 0 aromatic carbocycles. The highest BCUT2D eigenvalue weighted by Gasteiger charge is 2.31. The normalized spacial score (nSPS) is 23.7. The number of likely N-dealkylation sites (tertiary alicyclic amines) is 1. The molecule has 132 valence electrons. The minimum Gasteiger partial charge on any atom is -0.310 e. The van der Waals surface area contributed by atoms with E-state index in [-0.39, 0.29) is 0 Å². The molecule has 0 spiro atoms. The summed E-state index contributed by atoms with van der Waals surface area (Å²) >= 11 is 1.89. The molecule has 5 heteroatoms. The Morgan fingerprint density at radius 3 is 2.88 bits per heavy atom. The lowest BCUT2D eigenvalue weighted by Crippen LogP contribution is -2.40. The molecule has 0 amide bonds. The standard InChI is InChI=1S/C19H30N4S/c1-14(2)23-13-17(12-21-23)15(3)20-11-16-7-5-9-22(4)19(16)18-8-6-10-24-18/h6,8,10,12-16,19-20H,5,7,9,11H2,1-4H3/t15-,16-,19-/m0/s1. The molecular formula is C19H30N4S. The summed E-state index contributed by atoms with van der Waals surface area (Å²) < 4.78 is 2.04. The van der Waals surface area contributed by atoms with Crippen LogP contribution in [0.2, 0.25) is 0 Å². The Morgan fingerprint density at radius 2 is 2.21 bits per heavy atom. The molecular weight excluding hydrogens is 316 g/mol. The highest BCUT2D eigenvalue weighted by atomic mass is 32.1. The van der Waals surface area contributed by atoms with E-state index in [4.69, 9.17) is 0 Å². The van der Waals surface area contributed by atoms with Crippen LogP contribution in [0.4, 0.5) is 0 Å². The fourth-order valence-electron chi connectivity index (χ4n) is 3.69. The fourth-order valence-corrected chi connectivity index (χ4v) is 4.67. The molecule has 2 aromatic heterocycles. The molecule has 0 saturated carbocycles. The summed E-state index contributed by atoms with van der Waals surface area (Å²) in [6, 6.07) is 5.78. The van der Waals surface area contributed by atoms with E-state index >= 15 is 0 Å². The van der Waals surface area contributed by atoms with Gasteiger partial charge in [-0.3, -0.25) is 9.58 Å². The lowest BCUT2D eigenvalue weighted by atomic mass is 9.88. The average Bonchev–Trinajstić information content (AvgIpc) is 3.24. The molecule has 4 nitrogen and oxygen atoms in total. The predicted octanol–water partition coefficient (Wildman–Crippen LogP) is 4.26. The summed E-state index contributed by atoms with van der Waals surface area (Å²) in [7, 11) is 2.27. The van der Waals surface area contributed by atoms with Crippen LogP contribution in [-0.4, -0.2) is 34.8 Å². The maximum atomic E-state index is 4.47. The van der Waals surface area contributed by atoms with Gasteiger partial charge in [0.2, 0.25) is 0 Å². The van der Waals surface area contributed by atoms with Crippen LogP contribution < -0.4 is 5.32 Å². The third-order valence-corrected chi connectivity index (χ3v) is 6.12. The van der Waals surface area contributed by atoms with Crippen molar-refractivity contribution < 1.29 is 0 Å². The highest BCUT2D eigenvalue weighted by Crippen LogP contribution is 2.37. The molecule has 1 N–H and O–H groups in total. The zero-order valence-corrected chi connectivity index (χ0v) is 16.1. The van der Waals surface area contributed by atoms with E-state index in [1.165, 1.54) is 29.8 Å². The van der Waals surface area contributed by atoms with E-state index in [0.29, 0.717) is 24.0 Å². The summed E-state index contributed by atoms with van der Waals surface area (Å²) in [6.45, 7) is 8.84. The van der Waals surface area contributed by atoms with Crippen molar-refractivity contribution >= 4 is 11.3 Å². The van der Waals surface area contributed by atoms with Gasteiger partial charge in [0.05, 0.1) is 6.20 Å². The quantitative estimate of drug-likeness (QED) is 0.848. The predicted molar refractivity (Wildman–Crippen MR) is 101 cm³/mol. The van der Waals surface area contributed by atoms with Crippen molar-refractivity contribution in [3.8, 4) is 0 Å². The molecule has 0 radical (unpaired) electrons. The maximum absolute atomic E-state index is 4.47. The van der Waals surface area contributed by atoms with Gasteiger partial charge in [0.15, 0.2) is 0 Å². The second kappa shape index (κ2) is 7.81. The molecule has 0 bridgehead atoms. The van der Waals surface area contributed by atoms with Crippen LogP contribution in [0.15, 0.2) is 29.9 Å². The average molecular weight is 347 g/mol. The second-order valence-electron chi connectivity index (χ2n) is 7.32. The van der Waals surface area contributed by atoms with E-state index in [1.807, 2.05) is 22.2 Å². The summed E-state index contributed by atoms with van der Waals surface area (Å²) in [6.07, 6.45) is 6.77. The molecule has 1 fully saturated rings. The smallest absolute Gasteiger partial charge is 0.0537 e. The summed E-state index contributed by atoms with van der Waals surface area (Å²) in [4.78, 5) is 4.03. The molecule has 3 heterocycles. The van der Waals surface area contributed by atoms with E-state index in [0.717, 1.165) is 6.54 Å². The first-order chi connectivity index (χ1) is 11.6. The molecule has 24 heavy (non-hydrogen) atoms. The molecule has 3 rings (SSSR count). The Bertz CT molecular complexity index is 619. The number of hydrogen-bond acceptors (Lipinski definition) is 4. The first-order valence-electron chi connectivity index (χ1n) is 9.07. The molecule has 1 saturated heterocycles. The summed E-state index contributed by atoms with van der Waals surface area (Å²) in [5.74, 6) is 0.671. The van der Waals surface area contributed by atoms with E-state index in [9.17, 15) is 0 Å². The van der Waals surface area contributed by atoms with Gasteiger partial charge in [-0.05, 0) is 64.6 Å². The number of nitrogens with one attached hydrogen (secondary N) is 1. The van der Waals surface area contributed by atoms with E-state index < -0.39 is 0 Å². The molecule has 0 unspecified atom stereocenters. The molecule has 1 aliphatic heterocycles. The van der Waals surface area contributed by atoms with Crippen LogP contribution in [0.1, 0.15) is 62.2 Å². The van der Waals surface area contributed by atoms with Gasteiger partial charge in [0.25, 0.3) is 0 Å². The van der Waals surface area contributed by atoms with Crippen LogP contribution >= 0.6 is 11.3 Å². The van der Waals surface area contributed by atoms with E-state index in [1.54, 1.807) is 0 Å². The van der Waals surface area contributed by atoms with Crippen LogP contribution in [0, 0.1) is 5.92 Å². The van der Waals surface area contributed by atoms with Gasteiger partial charge >= 0.3 is 0 Å². The van der Waals surface area contributed by atoms with Crippen molar-refractivity contribution in [3.05, 3.63) is 40.3 Å². The van der Waals surface area contributed by atoms with Gasteiger partial charge in [0, 0.05) is 41.3 Å². The Labute approximate surface area is 149 Å². The van der Waals surface area contributed by atoms with Crippen molar-refractivity contribution in [2.24, 2.45) is 5.92 Å². The Hall–Kier alpha value is -1.17. The van der Waals surface area contributed by atoms with Crippen LogP contribution in [0.5, 0.6) is 0 Å². The number of piperidine rings is 1. The van der Waals surface area contributed by atoms with Crippen molar-refractivity contribution in [3.63, 3.8) is 0 Å². The van der Waals surface area contributed by atoms with Crippen molar-refractivity contribution in [2.45, 2.75) is 51.7 Å². The highest BCUT2D eigenvalue weighted by molar-refractivity contribution is 7.10. The van der Waals surface area contributed by atoms with Gasteiger partial charge in [-0.15, -0.1) is 11.3 Å². The van der Waals surface area contributed by atoms with Gasteiger partial charge < -0.3 is 5.32 Å². The number of rotatable bonds is 6. The first kappa shape index (κ1) is 17.6. The summed E-state index contributed by atoms with van der Waals surface area (Å²) in [5, 5.41) is 10.4. The second-order valence-corrected chi connectivity index (χ2v) is 8.30. The zero-order chi connectivity index (χ0) is 17.1. The Kier molecular flexibility index (Phi) is 5.74. The van der Waals surface area contributed by atoms with Gasteiger partial charge in [-0.2, -0.15) is 5.10 Å². The van der Waals surface area contributed by atoms with Crippen molar-refractivity contribution in [1.82, 2.24) is 20.0 Å². The Balaban J connectivity index is 1.63. The number of hydrogen-bond donors (Lipinski definition) is 1. The minimum absolute atomic E-state index is 0.341. The van der Waals surface area contributed by atoms with Gasteiger partial charge in [-0.25, -0.2) is 0 Å².